The summed E-state index contributed by atoms with van der Waals surface area (Å²) in [4.78, 5) is 23.2. The average Bonchev–Trinajstić information content (AvgIpc) is 2.61. The van der Waals surface area contributed by atoms with Gasteiger partial charge in [0.05, 0.1) is 11.6 Å². The zero-order chi connectivity index (χ0) is 17.9. The fraction of sp³-hybridized carbons (Fsp3) is 0.150. The van der Waals surface area contributed by atoms with E-state index in [2.05, 4.69) is 36.1 Å². The molecule has 0 radical (unpaired) electrons. The zero-order valence-electron chi connectivity index (χ0n) is 14.0. The molecule has 1 aromatic heterocycles. The highest BCUT2D eigenvalue weighted by molar-refractivity contribution is 9.10. The minimum Gasteiger partial charge on any atom is -0.355 e. The predicted octanol–water partition coefficient (Wildman–Crippen LogP) is 3.98. The second-order valence-corrected chi connectivity index (χ2v) is 7.14. The first-order chi connectivity index (χ1) is 12.7. The Hall–Kier alpha value is -2.73. The van der Waals surface area contributed by atoms with Gasteiger partial charge in [-0.05, 0) is 18.2 Å². The van der Waals surface area contributed by atoms with Gasteiger partial charge < -0.3 is 10.2 Å². The standard InChI is InChI=1S/C20H17BrN4O/c21-16-7-4-8-17(9-16)24-20(26)15-11-25(12-15)19-10-18(22-13-23-19)14-5-2-1-3-6-14/h1-10,13,15H,11-12H2,(H,24,26). The minimum absolute atomic E-state index is 0.0378. The molecule has 2 heterocycles. The molecular weight excluding hydrogens is 392 g/mol. The van der Waals surface area contributed by atoms with E-state index in [0.717, 1.165) is 27.2 Å². The van der Waals surface area contributed by atoms with Crippen molar-refractivity contribution in [2.24, 2.45) is 5.92 Å². The van der Waals surface area contributed by atoms with Gasteiger partial charge in [0, 0.05) is 34.9 Å². The summed E-state index contributed by atoms with van der Waals surface area (Å²) in [5, 5.41) is 2.97. The predicted molar refractivity (Wildman–Crippen MR) is 106 cm³/mol. The molecule has 3 aromatic rings. The smallest absolute Gasteiger partial charge is 0.231 e. The Kier molecular flexibility index (Phi) is 4.67. The molecule has 26 heavy (non-hydrogen) atoms. The molecule has 0 saturated carbocycles. The second-order valence-electron chi connectivity index (χ2n) is 6.23. The molecule has 1 aliphatic heterocycles. The van der Waals surface area contributed by atoms with E-state index in [1.54, 1.807) is 6.33 Å². The van der Waals surface area contributed by atoms with Crippen LogP contribution in [0, 0.1) is 5.92 Å². The van der Waals surface area contributed by atoms with E-state index in [0.29, 0.717) is 13.1 Å². The molecule has 0 aliphatic carbocycles. The van der Waals surface area contributed by atoms with Crippen molar-refractivity contribution < 1.29 is 4.79 Å². The maximum Gasteiger partial charge on any atom is 0.231 e. The number of amides is 1. The molecule has 0 unspecified atom stereocenters. The first kappa shape index (κ1) is 16.7. The molecule has 2 aromatic carbocycles. The summed E-state index contributed by atoms with van der Waals surface area (Å²) in [6.45, 7) is 1.32. The topological polar surface area (TPSA) is 58.1 Å². The third kappa shape index (κ3) is 3.60. The van der Waals surface area contributed by atoms with Crippen LogP contribution in [-0.2, 0) is 4.79 Å². The number of hydrogen-bond donors (Lipinski definition) is 1. The van der Waals surface area contributed by atoms with Crippen LogP contribution in [0.3, 0.4) is 0 Å². The van der Waals surface area contributed by atoms with Gasteiger partial charge >= 0.3 is 0 Å². The van der Waals surface area contributed by atoms with Gasteiger partial charge in [-0.15, -0.1) is 0 Å². The van der Waals surface area contributed by atoms with Crippen LogP contribution >= 0.6 is 15.9 Å². The van der Waals surface area contributed by atoms with Gasteiger partial charge in [0.2, 0.25) is 5.91 Å². The van der Waals surface area contributed by atoms with Gasteiger partial charge in [0.25, 0.3) is 0 Å². The van der Waals surface area contributed by atoms with Gasteiger partial charge in [-0.3, -0.25) is 4.79 Å². The maximum atomic E-state index is 12.4. The van der Waals surface area contributed by atoms with Crippen molar-refractivity contribution in [1.82, 2.24) is 9.97 Å². The fourth-order valence-corrected chi connectivity index (χ4v) is 3.33. The van der Waals surface area contributed by atoms with Gasteiger partial charge in [-0.1, -0.05) is 52.3 Å². The van der Waals surface area contributed by atoms with Gasteiger partial charge in [-0.25, -0.2) is 9.97 Å². The lowest BCUT2D eigenvalue weighted by molar-refractivity contribution is -0.120. The Balaban J connectivity index is 1.39. The number of nitrogens with zero attached hydrogens (tertiary/aromatic N) is 3. The molecular formula is C20H17BrN4O. The van der Waals surface area contributed by atoms with Crippen LogP contribution in [0.25, 0.3) is 11.3 Å². The van der Waals surface area contributed by atoms with E-state index in [1.807, 2.05) is 60.7 Å². The highest BCUT2D eigenvalue weighted by atomic mass is 79.9. The zero-order valence-corrected chi connectivity index (χ0v) is 15.6. The summed E-state index contributed by atoms with van der Waals surface area (Å²) in [7, 11) is 0. The van der Waals surface area contributed by atoms with Crippen LogP contribution in [0.5, 0.6) is 0 Å². The van der Waals surface area contributed by atoms with E-state index in [1.165, 1.54) is 0 Å². The number of benzene rings is 2. The van der Waals surface area contributed by atoms with Crippen LogP contribution in [0.2, 0.25) is 0 Å². The molecule has 0 bridgehead atoms. The first-order valence-corrected chi connectivity index (χ1v) is 9.17. The average molecular weight is 409 g/mol. The summed E-state index contributed by atoms with van der Waals surface area (Å²) in [5.41, 5.74) is 2.74. The van der Waals surface area contributed by atoms with E-state index >= 15 is 0 Å². The summed E-state index contributed by atoms with van der Waals surface area (Å²) in [6, 6.07) is 19.6. The third-order valence-corrected chi connectivity index (χ3v) is 4.88. The Bertz CT molecular complexity index is 926. The van der Waals surface area contributed by atoms with E-state index in [9.17, 15) is 4.79 Å². The van der Waals surface area contributed by atoms with Crippen LogP contribution in [0.4, 0.5) is 11.5 Å². The van der Waals surface area contributed by atoms with Crippen molar-refractivity contribution in [2.45, 2.75) is 0 Å². The number of carbonyl (C=O) groups excluding carboxylic acids is 1. The largest absolute Gasteiger partial charge is 0.355 e. The van der Waals surface area contributed by atoms with Crippen molar-refractivity contribution >= 4 is 33.3 Å². The van der Waals surface area contributed by atoms with Crippen LogP contribution < -0.4 is 10.2 Å². The lowest BCUT2D eigenvalue weighted by Crippen LogP contribution is -2.52. The summed E-state index contributed by atoms with van der Waals surface area (Å²) >= 11 is 3.41. The number of aromatic nitrogens is 2. The second kappa shape index (κ2) is 7.25. The third-order valence-electron chi connectivity index (χ3n) is 4.39. The van der Waals surface area contributed by atoms with Crippen molar-refractivity contribution in [3.63, 3.8) is 0 Å². The Morgan fingerprint density at radius 1 is 1.04 bits per heavy atom. The molecule has 5 nitrogen and oxygen atoms in total. The highest BCUT2D eigenvalue weighted by Crippen LogP contribution is 2.27. The summed E-state index contributed by atoms with van der Waals surface area (Å²) in [5.74, 6) is 0.853. The minimum atomic E-state index is -0.0378. The number of rotatable bonds is 4. The Morgan fingerprint density at radius 2 is 1.85 bits per heavy atom. The Morgan fingerprint density at radius 3 is 2.62 bits per heavy atom. The first-order valence-electron chi connectivity index (χ1n) is 8.38. The molecule has 4 rings (SSSR count). The molecule has 130 valence electrons. The highest BCUT2D eigenvalue weighted by Gasteiger charge is 2.33. The number of hydrogen-bond acceptors (Lipinski definition) is 4. The summed E-state index contributed by atoms with van der Waals surface area (Å²) in [6.07, 6.45) is 1.58. The quantitative estimate of drug-likeness (QED) is 0.708. The van der Waals surface area contributed by atoms with Crippen LogP contribution in [0.1, 0.15) is 0 Å². The SMILES string of the molecule is O=C(Nc1cccc(Br)c1)C1CN(c2cc(-c3ccccc3)ncn2)C1. The molecule has 1 N–H and O–H groups in total. The molecule has 6 heteroatoms. The van der Waals surface area contributed by atoms with Crippen molar-refractivity contribution in [2.75, 3.05) is 23.3 Å². The molecule has 1 saturated heterocycles. The number of anilines is 2. The van der Waals surface area contributed by atoms with Crippen molar-refractivity contribution in [3.05, 3.63) is 71.5 Å². The van der Waals surface area contributed by atoms with Gasteiger partial charge in [0.1, 0.15) is 12.1 Å². The van der Waals surface area contributed by atoms with Gasteiger partial charge in [-0.2, -0.15) is 0 Å². The van der Waals surface area contributed by atoms with E-state index in [-0.39, 0.29) is 11.8 Å². The molecule has 1 fully saturated rings. The molecule has 0 spiro atoms. The summed E-state index contributed by atoms with van der Waals surface area (Å²) < 4.78 is 0.944. The fourth-order valence-electron chi connectivity index (χ4n) is 2.93. The molecule has 1 aliphatic rings. The van der Waals surface area contributed by atoms with Gasteiger partial charge in [0.15, 0.2) is 0 Å². The van der Waals surface area contributed by atoms with E-state index < -0.39 is 0 Å². The monoisotopic (exact) mass is 408 g/mol. The lowest BCUT2D eigenvalue weighted by atomic mass is 9.99. The Labute approximate surface area is 160 Å². The van der Waals surface area contributed by atoms with Crippen molar-refractivity contribution in [1.29, 1.82) is 0 Å². The molecule has 1 amide bonds. The normalized spacial score (nSPS) is 14.0. The van der Waals surface area contributed by atoms with Crippen molar-refractivity contribution in [3.8, 4) is 11.3 Å². The number of nitrogens with one attached hydrogen (secondary N) is 1. The number of carbonyl (C=O) groups is 1. The van der Waals surface area contributed by atoms with E-state index in [4.69, 9.17) is 0 Å². The van der Waals surface area contributed by atoms with Crippen LogP contribution in [-0.4, -0.2) is 29.0 Å². The molecule has 0 atom stereocenters. The lowest BCUT2D eigenvalue weighted by Gasteiger charge is -2.39. The number of halogens is 1. The maximum absolute atomic E-state index is 12.4. The van der Waals surface area contributed by atoms with Crippen LogP contribution in [0.15, 0.2) is 71.5 Å².